The van der Waals surface area contributed by atoms with Crippen LogP contribution in [0.2, 0.25) is 0 Å². The quantitative estimate of drug-likeness (QED) is 0.126. The molecule has 0 bridgehead atoms. The van der Waals surface area contributed by atoms with E-state index in [4.69, 9.17) is 21.3 Å². The highest BCUT2D eigenvalue weighted by molar-refractivity contribution is 9.09. The Balaban J connectivity index is 0.000000269. The lowest BCUT2D eigenvalue weighted by atomic mass is 9.99. The lowest BCUT2D eigenvalue weighted by Gasteiger charge is -2.16. The number of nitriles is 1. The summed E-state index contributed by atoms with van der Waals surface area (Å²) >= 11 is 2.89. The molecule has 0 saturated carbocycles. The van der Waals surface area contributed by atoms with Crippen LogP contribution in [0.1, 0.15) is 55.2 Å². The molecule has 2 atom stereocenters. The van der Waals surface area contributed by atoms with Gasteiger partial charge in [-0.05, 0) is 46.5 Å². The largest absolute Gasteiger partial charge is 0.465 e. The third-order valence-corrected chi connectivity index (χ3v) is 6.07. The molecule has 2 unspecified atom stereocenters. The number of rotatable bonds is 8. The maximum atomic E-state index is 11.6. The number of hydrogen-bond acceptors (Lipinski definition) is 7. The van der Waals surface area contributed by atoms with Gasteiger partial charge in [-0.25, -0.2) is 16.2 Å². The van der Waals surface area contributed by atoms with E-state index in [9.17, 15) is 14.7 Å². The van der Waals surface area contributed by atoms with Crippen LogP contribution in [0.15, 0.2) is 109 Å². The fourth-order valence-electron chi connectivity index (χ4n) is 3.85. The number of nitrogens with zero attached hydrogens (tertiary/aromatic N) is 2. The van der Waals surface area contributed by atoms with Crippen LogP contribution in [0.5, 0.6) is 0 Å². The van der Waals surface area contributed by atoms with Crippen LogP contribution < -0.4 is 0 Å². The summed E-state index contributed by atoms with van der Waals surface area (Å²) in [4.78, 5) is 26.3. The first-order valence-electron chi connectivity index (χ1n) is 12.9. The zero-order chi connectivity index (χ0) is 31.5. The summed E-state index contributed by atoms with van der Waals surface area (Å²) in [6, 6.07) is 34.6. The molecule has 43 heavy (non-hydrogen) atoms. The summed E-state index contributed by atoms with van der Waals surface area (Å²) in [5.41, 5.74) is 4.10. The Morgan fingerprint density at radius 3 is 1.70 bits per heavy atom. The van der Waals surface area contributed by atoms with Crippen LogP contribution in [0, 0.1) is 17.9 Å². The first kappa shape index (κ1) is 34.4. The molecule has 1 N–H and O–H groups in total. The molecule has 0 aliphatic heterocycles. The number of halogens is 1. The van der Waals surface area contributed by atoms with Crippen molar-refractivity contribution in [1.82, 2.24) is 0 Å². The summed E-state index contributed by atoms with van der Waals surface area (Å²) in [6.07, 6.45) is -1.12. The molecule has 0 aliphatic rings. The van der Waals surface area contributed by atoms with Crippen LogP contribution in [0.25, 0.3) is 4.85 Å². The number of carbonyl (C=O) groups is 2. The summed E-state index contributed by atoms with van der Waals surface area (Å²) in [6.45, 7) is 6.85. The summed E-state index contributed by atoms with van der Waals surface area (Å²) in [5.74, 6) is -0.800. The molecule has 4 rings (SSSR count). The topological polar surface area (TPSA) is 110 Å². The van der Waals surface area contributed by atoms with E-state index < -0.39 is 18.0 Å². The lowest BCUT2D eigenvalue weighted by Crippen LogP contribution is -2.08. The van der Waals surface area contributed by atoms with E-state index >= 15 is 0 Å². The standard InChI is InChI=1S/C17H15NO3.C15H14O3.C2H2BrN/c1-18-12-21-16(13-7-4-3-5-8-13)14-9-6-10-15(11-14)17(19)20-2;1-18-15(17)13-9-5-8-12(10-13)14(16)11-6-3-2-4-7-11;3-1-2-4/h3-11,16H,12H2,2H3;2-10,14,16H,1H3;1H2. The van der Waals surface area contributed by atoms with Crippen LogP contribution >= 0.6 is 15.9 Å². The van der Waals surface area contributed by atoms with Crippen molar-refractivity contribution in [1.29, 1.82) is 5.26 Å². The van der Waals surface area contributed by atoms with Gasteiger partial charge in [0.15, 0.2) is 0 Å². The number of ether oxygens (including phenoxy) is 3. The SMILES string of the molecule is COC(=O)c1cccc(C(O)c2ccccc2)c1.N#CCBr.[C-]#[N+]COC(c1ccccc1)c1cccc(C(=O)OC)c1. The molecule has 4 aromatic rings. The molecular weight excluding hydrogens is 612 g/mol. The van der Waals surface area contributed by atoms with Crippen molar-refractivity contribution in [3.05, 3.63) is 154 Å². The predicted molar refractivity (Wildman–Crippen MR) is 166 cm³/mol. The number of esters is 2. The van der Waals surface area contributed by atoms with Crippen molar-refractivity contribution >= 4 is 27.9 Å². The Labute approximate surface area is 260 Å². The van der Waals surface area contributed by atoms with Gasteiger partial charge < -0.3 is 14.6 Å². The first-order chi connectivity index (χ1) is 20.9. The second-order valence-corrected chi connectivity index (χ2v) is 9.14. The fourth-order valence-corrected chi connectivity index (χ4v) is 3.85. The van der Waals surface area contributed by atoms with Crippen LogP contribution in [0.4, 0.5) is 0 Å². The molecule has 0 aliphatic carbocycles. The van der Waals surface area contributed by atoms with E-state index in [0.29, 0.717) is 22.0 Å². The zero-order valence-corrected chi connectivity index (χ0v) is 25.3. The molecular formula is C34H31BrN2O6. The monoisotopic (exact) mass is 642 g/mol. The summed E-state index contributed by atoms with van der Waals surface area (Å²) < 4.78 is 15.0. The molecule has 0 aromatic heterocycles. The highest BCUT2D eigenvalue weighted by Gasteiger charge is 2.18. The molecule has 0 amide bonds. The lowest BCUT2D eigenvalue weighted by molar-refractivity contribution is 0.0591. The second-order valence-electron chi connectivity index (χ2n) is 8.58. The van der Waals surface area contributed by atoms with Gasteiger partial charge in [-0.1, -0.05) is 101 Å². The van der Waals surface area contributed by atoms with E-state index in [-0.39, 0.29) is 12.8 Å². The van der Waals surface area contributed by atoms with Gasteiger partial charge >= 0.3 is 18.7 Å². The minimum absolute atomic E-state index is 0.0397. The van der Waals surface area contributed by atoms with Crippen LogP contribution in [-0.2, 0) is 14.2 Å². The van der Waals surface area contributed by atoms with Crippen molar-refractivity contribution in [3.63, 3.8) is 0 Å². The maximum Gasteiger partial charge on any atom is 0.337 e. The van der Waals surface area contributed by atoms with Crippen LogP contribution in [-0.4, -0.2) is 43.3 Å². The maximum absolute atomic E-state index is 11.6. The Bertz CT molecular complexity index is 1520. The number of methoxy groups -OCH3 is 2. The van der Waals surface area contributed by atoms with Gasteiger partial charge in [0.05, 0.1) is 36.7 Å². The number of aliphatic hydroxyl groups is 1. The fraction of sp³-hybridized carbons (Fsp3) is 0.176. The average Bonchev–Trinajstić information content (AvgIpc) is 3.08. The first-order valence-corrected chi connectivity index (χ1v) is 14.0. The van der Waals surface area contributed by atoms with Gasteiger partial charge in [0.1, 0.15) is 12.2 Å². The summed E-state index contributed by atoms with van der Waals surface area (Å²) in [7, 11) is 2.68. The van der Waals surface area contributed by atoms with Gasteiger partial charge in [0.25, 0.3) is 0 Å². The van der Waals surface area contributed by atoms with E-state index in [2.05, 4.69) is 25.5 Å². The Morgan fingerprint density at radius 1 is 0.791 bits per heavy atom. The highest BCUT2D eigenvalue weighted by Crippen LogP contribution is 2.27. The van der Waals surface area contributed by atoms with Crippen molar-refractivity contribution in [3.8, 4) is 6.07 Å². The van der Waals surface area contributed by atoms with Crippen LogP contribution in [0.3, 0.4) is 0 Å². The molecule has 0 spiro atoms. The second kappa shape index (κ2) is 19.3. The van der Waals surface area contributed by atoms with Crippen molar-refractivity contribution in [2.24, 2.45) is 0 Å². The number of hydrogen-bond donors (Lipinski definition) is 1. The third kappa shape index (κ3) is 11.2. The molecule has 0 saturated heterocycles. The van der Waals surface area contributed by atoms with E-state index in [1.165, 1.54) is 14.2 Å². The van der Waals surface area contributed by atoms with Gasteiger partial charge in [-0.15, -0.1) is 0 Å². The number of carbonyl (C=O) groups excluding carboxylic acids is 2. The van der Waals surface area contributed by atoms with Gasteiger partial charge in [-0.3, -0.25) is 9.58 Å². The number of aliphatic hydroxyl groups excluding tert-OH is 1. The van der Waals surface area contributed by atoms with Crippen molar-refractivity contribution < 1.29 is 28.9 Å². The number of alkyl halides is 1. The van der Waals surface area contributed by atoms with E-state index in [1.54, 1.807) is 42.5 Å². The highest BCUT2D eigenvalue weighted by atomic mass is 79.9. The Morgan fingerprint density at radius 2 is 1.23 bits per heavy atom. The molecule has 0 fully saturated rings. The Kier molecular flexibility index (Phi) is 15.5. The summed E-state index contributed by atoms with van der Waals surface area (Å²) in [5, 5.41) is 18.2. The number of benzene rings is 4. The van der Waals surface area contributed by atoms with Crippen molar-refractivity contribution in [2.45, 2.75) is 12.2 Å². The van der Waals surface area contributed by atoms with E-state index in [0.717, 1.165) is 16.7 Å². The van der Waals surface area contributed by atoms with E-state index in [1.807, 2.05) is 72.8 Å². The van der Waals surface area contributed by atoms with Gasteiger partial charge in [0.2, 0.25) is 0 Å². The minimum atomic E-state index is -0.740. The average molecular weight is 644 g/mol. The molecule has 4 aromatic carbocycles. The zero-order valence-electron chi connectivity index (χ0n) is 23.7. The van der Waals surface area contributed by atoms with Gasteiger partial charge in [-0.2, -0.15) is 5.26 Å². The van der Waals surface area contributed by atoms with Gasteiger partial charge in [0, 0.05) is 0 Å². The minimum Gasteiger partial charge on any atom is -0.465 e. The molecule has 8 nitrogen and oxygen atoms in total. The molecule has 9 heteroatoms. The normalized spacial score (nSPS) is 11.0. The molecule has 220 valence electrons. The smallest absolute Gasteiger partial charge is 0.337 e. The molecule has 0 heterocycles. The third-order valence-electron chi connectivity index (χ3n) is 5.82. The van der Waals surface area contributed by atoms with Crippen molar-refractivity contribution in [2.75, 3.05) is 26.3 Å². The Hall–Kier alpha value is -4.80. The predicted octanol–water partition coefficient (Wildman–Crippen LogP) is 6.92. The molecule has 0 radical (unpaired) electrons.